The van der Waals surface area contributed by atoms with E-state index in [9.17, 15) is 9.18 Å². The summed E-state index contributed by atoms with van der Waals surface area (Å²) in [7, 11) is 0. The Morgan fingerprint density at radius 2 is 1.69 bits per heavy atom. The normalized spacial score (nSPS) is 11.2. The lowest BCUT2D eigenvalue weighted by Crippen LogP contribution is -2.01. The van der Waals surface area contributed by atoms with Crippen molar-refractivity contribution in [2.75, 3.05) is 6.61 Å². The molecule has 1 aromatic heterocycles. The number of hydrogen-bond donors (Lipinski definition) is 2. The van der Waals surface area contributed by atoms with Crippen molar-refractivity contribution in [2.45, 2.75) is 38.5 Å². The summed E-state index contributed by atoms with van der Waals surface area (Å²) in [6, 6.07) is 14.2. The van der Waals surface area contributed by atoms with Crippen molar-refractivity contribution in [2.24, 2.45) is 0 Å². The Bertz CT molecular complexity index is 870. The van der Waals surface area contributed by atoms with Gasteiger partial charge in [-0.05, 0) is 36.6 Å². The second-order valence-electron chi connectivity index (χ2n) is 6.60. The van der Waals surface area contributed by atoms with Crippen LogP contribution in [0, 0.1) is 5.82 Å². The molecule has 3 rings (SSSR count). The molecule has 0 radical (unpaired) electrons. The van der Waals surface area contributed by atoms with E-state index in [0.29, 0.717) is 12.1 Å². The molecule has 136 valence electrons. The lowest BCUT2D eigenvalue weighted by atomic mass is 9.98. The molecule has 26 heavy (non-hydrogen) atoms. The highest BCUT2D eigenvalue weighted by Gasteiger charge is 2.19. The predicted octanol–water partition coefficient (Wildman–Crippen LogP) is 5.49. The number of aromatic nitrogens is 1. The Balaban J connectivity index is 1.84. The fourth-order valence-electron chi connectivity index (χ4n) is 3.33. The molecular weight excluding hydrogens is 329 g/mol. The van der Waals surface area contributed by atoms with Gasteiger partial charge in [-0.15, -0.1) is 0 Å². The number of H-pyrrole nitrogens is 1. The van der Waals surface area contributed by atoms with Crippen LogP contribution < -0.4 is 0 Å². The Hall–Kier alpha value is -2.46. The van der Waals surface area contributed by atoms with Crippen LogP contribution in [0.2, 0.25) is 0 Å². The van der Waals surface area contributed by atoms with Crippen molar-refractivity contribution in [3.63, 3.8) is 0 Å². The molecule has 0 unspecified atom stereocenters. The summed E-state index contributed by atoms with van der Waals surface area (Å²) in [4.78, 5) is 16.0. The van der Waals surface area contributed by atoms with E-state index in [4.69, 9.17) is 5.11 Å². The summed E-state index contributed by atoms with van der Waals surface area (Å²) in [6.45, 7) is 0.227. The van der Waals surface area contributed by atoms with E-state index in [2.05, 4.69) is 4.98 Å². The van der Waals surface area contributed by atoms with Gasteiger partial charge in [0.15, 0.2) is 5.78 Å². The molecule has 0 aliphatic carbocycles. The molecule has 0 spiro atoms. The monoisotopic (exact) mass is 353 g/mol. The first kappa shape index (κ1) is 18.3. The van der Waals surface area contributed by atoms with Gasteiger partial charge in [0.2, 0.25) is 0 Å². The first-order valence-electron chi connectivity index (χ1n) is 9.21. The van der Waals surface area contributed by atoms with E-state index in [1.807, 2.05) is 30.3 Å². The molecule has 0 saturated heterocycles. The fourth-order valence-corrected chi connectivity index (χ4v) is 3.33. The zero-order valence-corrected chi connectivity index (χ0v) is 14.8. The highest BCUT2D eigenvalue weighted by atomic mass is 19.1. The summed E-state index contributed by atoms with van der Waals surface area (Å²) in [5, 5.41) is 9.54. The highest BCUT2D eigenvalue weighted by molar-refractivity contribution is 6.10. The van der Waals surface area contributed by atoms with Gasteiger partial charge in [0.1, 0.15) is 5.82 Å². The number of carbonyl (C=O) groups is 1. The lowest BCUT2D eigenvalue weighted by Gasteiger charge is -2.05. The topological polar surface area (TPSA) is 53.1 Å². The number of ketones is 1. The van der Waals surface area contributed by atoms with Crippen LogP contribution in [0.15, 0.2) is 48.5 Å². The van der Waals surface area contributed by atoms with E-state index in [1.165, 1.54) is 12.1 Å². The van der Waals surface area contributed by atoms with E-state index in [1.54, 1.807) is 6.07 Å². The van der Waals surface area contributed by atoms with E-state index in [-0.39, 0.29) is 18.2 Å². The molecule has 0 aliphatic heterocycles. The summed E-state index contributed by atoms with van der Waals surface area (Å²) in [5.41, 5.74) is 3.03. The number of carbonyl (C=O) groups excluding carboxylic acids is 1. The first-order chi connectivity index (χ1) is 12.7. The number of fused-ring (bicyclic) bond motifs is 1. The summed E-state index contributed by atoms with van der Waals surface area (Å²) >= 11 is 0. The van der Waals surface area contributed by atoms with Gasteiger partial charge in [0.05, 0.1) is 5.69 Å². The molecule has 0 bridgehead atoms. The van der Waals surface area contributed by atoms with Gasteiger partial charge in [0.25, 0.3) is 0 Å². The van der Waals surface area contributed by atoms with Gasteiger partial charge in [0, 0.05) is 29.5 Å². The maximum absolute atomic E-state index is 13.8. The van der Waals surface area contributed by atoms with E-state index < -0.39 is 0 Å². The van der Waals surface area contributed by atoms with Gasteiger partial charge < -0.3 is 10.1 Å². The van der Waals surface area contributed by atoms with Gasteiger partial charge in [-0.1, -0.05) is 49.6 Å². The largest absolute Gasteiger partial charge is 0.396 e. The summed E-state index contributed by atoms with van der Waals surface area (Å²) in [5.74, 6) is -0.251. The van der Waals surface area contributed by atoms with Crippen LogP contribution in [0.1, 0.15) is 49.0 Å². The van der Waals surface area contributed by atoms with Crippen LogP contribution >= 0.6 is 0 Å². The number of nitrogens with one attached hydrogen (secondary N) is 1. The SMILES string of the molecule is O=C(CCCCCCCO)c1[nH]c2ccc(F)cc2c1-c1ccccc1. The molecule has 4 heteroatoms. The molecule has 0 amide bonds. The van der Waals surface area contributed by atoms with Crippen LogP contribution in [0.5, 0.6) is 0 Å². The quantitative estimate of drug-likeness (QED) is 0.395. The highest BCUT2D eigenvalue weighted by Crippen LogP contribution is 2.33. The zero-order chi connectivity index (χ0) is 18.4. The Kier molecular flexibility index (Phi) is 6.18. The second kappa shape index (κ2) is 8.77. The van der Waals surface area contributed by atoms with Crippen LogP contribution in [0.4, 0.5) is 4.39 Å². The van der Waals surface area contributed by atoms with Crippen LogP contribution in [-0.2, 0) is 0 Å². The number of aliphatic hydroxyl groups is 1. The Morgan fingerprint density at radius 1 is 0.962 bits per heavy atom. The minimum atomic E-state index is -0.309. The Labute approximate surface area is 152 Å². The Morgan fingerprint density at radius 3 is 2.46 bits per heavy atom. The molecule has 0 fully saturated rings. The van der Waals surface area contributed by atoms with Crippen LogP contribution in [0.25, 0.3) is 22.0 Å². The molecule has 2 N–H and O–H groups in total. The lowest BCUT2D eigenvalue weighted by molar-refractivity contribution is 0.0975. The molecule has 3 nitrogen and oxygen atoms in total. The molecule has 0 atom stereocenters. The van der Waals surface area contributed by atoms with Crippen molar-refractivity contribution < 1.29 is 14.3 Å². The standard InChI is InChI=1S/C22H24FNO2/c23-17-12-13-19-18(15-17)21(16-9-5-4-6-10-16)22(24-19)20(26)11-7-2-1-3-8-14-25/h4-6,9-10,12-13,15,24-25H,1-3,7-8,11,14H2. The van der Waals surface area contributed by atoms with Crippen molar-refractivity contribution in [1.29, 1.82) is 0 Å². The van der Waals surface area contributed by atoms with Crippen molar-refractivity contribution >= 4 is 16.7 Å². The molecule has 3 aromatic rings. The summed E-state index contributed by atoms with van der Waals surface area (Å²) < 4.78 is 13.8. The molecular formula is C22H24FNO2. The number of unbranched alkanes of at least 4 members (excludes halogenated alkanes) is 4. The van der Waals surface area contributed by atoms with E-state index in [0.717, 1.165) is 54.1 Å². The third kappa shape index (κ3) is 4.20. The minimum absolute atomic E-state index is 0.0580. The van der Waals surface area contributed by atoms with Crippen molar-refractivity contribution in [1.82, 2.24) is 4.98 Å². The average Bonchev–Trinajstić information content (AvgIpc) is 3.03. The van der Waals surface area contributed by atoms with Crippen LogP contribution in [0.3, 0.4) is 0 Å². The number of Topliss-reactive ketones (excluding diaryl/α,β-unsaturated/α-hetero) is 1. The van der Waals surface area contributed by atoms with Crippen LogP contribution in [-0.4, -0.2) is 22.5 Å². The number of rotatable bonds is 9. The van der Waals surface area contributed by atoms with Crippen molar-refractivity contribution in [3.8, 4) is 11.1 Å². The molecule has 2 aromatic carbocycles. The number of aliphatic hydroxyl groups excluding tert-OH is 1. The van der Waals surface area contributed by atoms with Gasteiger partial charge in [-0.2, -0.15) is 0 Å². The fraction of sp³-hybridized carbons (Fsp3) is 0.318. The predicted molar refractivity (Wildman–Crippen MR) is 103 cm³/mol. The number of aromatic amines is 1. The number of halogens is 1. The maximum Gasteiger partial charge on any atom is 0.179 e. The van der Waals surface area contributed by atoms with Crippen molar-refractivity contribution in [3.05, 3.63) is 60.0 Å². The molecule has 1 heterocycles. The third-order valence-corrected chi connectivity index (χ3v) is 4.66. The second-order valence-corrected chi connectivity index (χ2v) is 6.60. The third-order valence-electron chi connectivity index (χ3n) is 4.66. The summed E-state index contributed by atoms with van der Waals surface area (Å²) in [6.07, 6.45) is 5.10. The van der Waals surface area contributed by atoms with Gasteiger partial charge in [-0.25, -0.2) is 4.39 Å². The number of hydrogen-bond acceptors (Lipinski definition) is 2. The van der Waals surface area contributed by atoms with Gasteiger partial charge >= 0.3 is 0 Å². The number of benzene rings is 2. The maximum atomic E-state index is 13.8. The van der Waals surface area contributed by atoms with Gasteiger partial charge in [-0.3, -0.25) is 4.79 Å². The average molecular weight is 353 g/mol. The first-order valence-corrected chi connectivity index (χ1v) is 9.21. The smallest absolute Gasteiger partial charge is 0.179 e. The molecule has 0 aliphatic rings. The van der Waals surface area contributed by atoms with E-state index >= 15 is 0 Å². The minimum Gasteiger partial charge on any atom is -0.396 e. The molecule has 0 saturated carbocycles. The zero-order valence-electron chi connectivity index (χ0n) is 14.8.